The van der Waals surface area contributed by atoms with Gasteiger partial charge in [-0.2, -0.15) is 0 Å². The molecule has 0 N–H and O–H groups in total. The first-order valence-corrected chi connectivity index (χ1v) is 12.5. The van der Waals surface area contributed by atoms with Crippen LogP contribution in [-0.4, -0.2) is 69.9 Å². The topological polar surface area (TPSA) is 112 Å². The molecule has 0 amide bonds. The standard InChI is InChI=1S/C19H28Cl2N5O6P/c1-23(9-7-20)33(29,24(2)10-8-21)32-13-15-5-6-17(18(11-15)30-4)31-14-16-12-22-19(25(16)3)26(27)28/h5-6,11-12H,7-10,13-14H2,1-4H3. The summed E-state index contributed by atoms with van der Waals surface area (Å²) in [6, 6.07) is 5.17. The molecule has 184 valence electrons. The Bertz CT molecular complexity index is 976. The quantitative estimate of drug-likeness (QED) is 0.157. The second kappa shape index (κ2) is 12.5. The van der Waals surface area contributed by atoms with Crippen LogP contribution in [-0.2, 0) is 29.4 Å². The van der Waals surface area contributed by atoms with E-state index in [-0.39, 0.29) is 19.2 Å². The third-order valence-electron chi connectivity index (χ3n) is 4.91. The monoisotopic (exact) mass is 523 g/mol. The van der Waals surface area contributed by atoms with Crippen LogP contribution in [0, 0.1) is 10.1 Å². The van der Waals surface area contributed by atoms with Crippen molar-refractivity contribution in [3.05, 3.63) is 45.8 Å². The molecular weight excluding hydrogens is 496 g/mol. The molecular formula is C19H28Cl2N5O6P. The van der Waals surface area contributed by atoms with E-state index in [1.54, 1.807) is 48.7 Å². The van der Waals surface area contributed by atoms with E-state index in [0.717, 1.165) is 0 Å². The Morgan fingerprint density at radius 1 is 1.15 bits per heavy atom. The van der Waals surface area contributed by atoms with Gasteiger partial charge < -0.3 is 24.1 Å². The summed E-state index contributed by atoms with van der Waals surface area (Å²) in [5.41, 5.74) is 1.25. The molecule has 1 heterocycles. The van der Waals surface area contributed by atoms with Crippen molar-refractivity contribution in [2.24, 2.45) is 7.05 Å². The van der Waals surface area contributed by atoms with Crippen LogP contribution in [0.2, 0.25) is 0 Å². The molecule has 0 unspecified atom stereocenters. The lowest BCUT2D eigenvalue weighted by atomic mass is 10.2. The van der Waals surface area contributed by atoms with Crippen molar-refractivity contribution in [3.8, 4) is 11.5 Å². The van der Waals surface area contributed by atoms with E-state index in [9.17, 15) is 14.7 Å². The number of halogens is 2. The number of hydrogen-bond donors (Lipinski definition) is 0. The molecule has 2 aromatic rings. The smallest absolute Gasteiger partial charge is 0.434 e. The molecule has 0 radical (unpaired) electrons. The molecule has 0 aliphatic carbocycles. The van der Waals surface area contributed by atoms with Crippen LogP contribution in [0.5, 0.6) is 11.5 Å². The van der Waals surface area contributed by atoms with Gasteiger partial charge in [0.25, 0.3) is 0 Å². The molecule has 0 aliphatic rings. The van der Waals surface area contributed by atoms with E-state index in [1.165, 1.54) is 17.9 Å². The molecule has 0 saturated heterocycles. The van der Waals surface area contributed by atoms with Crippen molar-refractivity contribution >= 4 is 36.8 Å². The molecule has 1 aromatic carbocycles. The van der Waals surface area contributed by atoms with Gasteiger partial charge in [-0.15, -0.1) is 23.2 Å². The number of ether oxygens (including phenoxy) is 2. The van der Waals surface area contributed by atoms with Gasteiger partial charge in [-0.05, 0) is 36.7 Å². The van der Waals surface area contributed by atoms with Gasteiger partial charge in [0.1, 0.15) is 12.8 Å². The van der Waals surface area contributed by atoms with Crippen LogP contribution in [0.4, 0.5) is 5.95 Å². The summed E-state index contributed by atoms with van der Waals surface area (Å²) in [5.74, 6) is 1.21. The van der Waals surface area contributed by atoms with E-state index in [0.29, 0.717) is 47.6 Å². The van der Waals surface area contributed by atoms with E-state index < -0.39 is 12.6 Å². The SMILES string of the molecule is COc1cc(COP(=O)(N(C)CCCl)N(C)CCCl)ccc1OCc1cnc([N+](=O)[O-])n1C. The number of aromatic nitrogens is 2. The lowest BCUT2D eigenvalue weighted by Crippen LogP contribution is -2.30. The van der Waals surface area contributed by atoms with Gasteiger partial charge in [-0.1, -0.05) is 11.1 Å². The zero-order chi connectivity index (χ0) is 24.6. The number of benzene rings is 1. The fraction of sp³-hybridized carbons (Fsp3) is 0.526. The lowest BCUT2D eigenvalue weighted by Gasteiger charge is -2.33. The summed E-state index contributed by atoms with van der Waals surface area (Å²) in [6.07, 6.45) is 1.39. The first kappa shape index (κ1) is 27.4. The highest BCUT2D eigenvalue weighted by Crippen LogP contribution is 2.53. The minimum absolute atomic E-state index is 0.0566. The summed E-state index contributed by atoms with van der Waals surface area (Å²) in [5, 5.41) is 10.9. The molecule has 14 heteroatoms. The molecule has 2 rings (SSSR count). The number of nitrogens with zero attached hydrogens (tertiary/aromatic N) is 5. The largest absolute Gasteiger partial charge is 0.493 e. The molecule has 0 spiro atoms. The average Bonchev–Trinajstić information content (AvgIpc) is 3.16. The predicted octanol–water partition coefficient (Wildman–Crippen LogP) is 3.88. The van der Waals surface area contributed by atoms with Gasteiger partial charge in [0.2, 0.25) is 0 Å². The molecule has 0 bridgehead atoms. The van der Waals surface area contributed by atoms with E-state index in [1.807, 2.05) is 0 Å². The zero-order valence-corrected chi connectivity index (χ0v) is 21.3. The highest BCUT2D eigenvalue weighted by Gasteiger charge is 2.34. The Labute approximate surface area is 202 Å². The number of nitro groups is 1. The summed E-state index contributed by atoms with van der Waals surface area (Å²) in [6.45, 7) is 0.883. The predicted molar refractivity (Wildman–Crippen MR) is 126 cm³/mol. The molecule has 33 heavy (non-hydrogen) atoms. The number of alkyl halides is 2. The fourth-order valence-electron chi connectivity index (χ4n) is 2.92. The number of hydrogen-bond acceptors (Lipinski definition) is 7. The second-order valence-electron chi connectivity index (χ2n) is 7.04. The second-order valence-corrected chi connectivity index (χ2v) is 10.4. The van der Waals surface area contributed by atoms with Crippen LogP contribution in [0.25, 0.3) is 0 Å². The Morgan fingerprint density at radius 2 is 1.79 bits per heavy atom. The van der Waals surface area contributed by atoms with Gasteiger partial charge in [-0.25, -0.2) is 13.9 Å². The van der Waals surface area contributed by atoms with Gasteiger partial charge in [-0.3, -0.25) is 4.57 Å². The van der Waals surface area contributed by atoms with Crippen molar-refractivity contribution in [2.75, 3.05) is 46.1 Å². The minimum Gasteiger partial charge on any atom is -0.493 e. The molecule has 0 fully saturated rings. The Balaban J connectivity index is 2.13. The van der Waals surface area contributed by atoms with Crippen molar-refractivity contribution in [3.63, 3.8) is 0 Å². The number of rotatable bonds is 14. The highest BCUT2D eigenvalue weighted by atomic mass is 35.5. The lowest BCUT2D eigenvalue weighted by molar-refractivity contribution is -0.396. The summed E-state index contributed by atoms with van der Waals surface area (Å²) >= 11 is 11.7. The van der Waals surface area contributed by atoms with Gasteiger partial charge >= 0.3 is 13.6 Å². The number of methoxy groups -OCH3 is 1. The summed E-state index contributed by atoms with van der Waals surface area (Å²) < 4.78 is 35.1. The zero-order valence-electron chi connectivity index (χ0n) is 18.9. The molecule has 1 aromatic heterocycles. The van der Waals surface area contributed by atoms with Crippen molar-refractivity contribution < 1.29 is 23.5 Å². The van der Waals surface area contributed by atoms with Crippen LogP contribution < -0.4 is 9.47 Å². The third kappa shape index (κ3) is 6.81. The van der Waals surface area contributed by atoms with E-state index in [2.05, 4.69) is 4.98 Å². The van der Waals surface area contributed by atoms with Crippen LogP contribution >= 0.6 is 30.9 Å². The Morgan fingerprint density at radius 3 is 2.30 bits per heavy atom. The van der Waals surface area contributed by atoms with Gasteiger partial charge in [0.15, 0.2) is 17.2 Å². The Kier molecular flexibility index (Phi) is 10.4. The maximum absolute atomic E-state index is 13.5. The average molecular weight is 524 g/mol. The Hall–Kier alpha value is -1.88. The first-order valence-electron chi connectivity index (χ1n) is 9.92. The minimum atomic E-state index is -3.34. The maximum Gasteiger partial charge on any atom is 0.434 e. The van der Waals surface area contributed by atoms with Crippen LogP contribution in [0.1, 0.15) is 11.3 Å². The van der Waals surface area contributed by atoms with E-state index in [4.69, 9.17) is 37.2 Å². The third-order valence-corrected chi connectivity index (χ3v) is 7.83. The molecule has 11 nitrogen and oxygen atoms in total. The molecule has 0 aliphatic heterocycles. The van der Waals surface area contributed by atoms with Gasteiger partial charge in [0.05, 0.1) is 20.8 Å². The first-order chi connectivity index (χ1) is 15.7. The van der Waals surface area contributed by atoms with Crippen molar-refractivity contribution in [2.45, 2.75) is 13.2 Å². The number of imidazole rings is 1. The maximum atomic E-state index is 13.5. The summed E-state index contributed by atoms with van der Waals surface area (Å²) in [7, 11) is 3.08. The highest BCUT2D eigenvalue weighted by molar-refractivity contribution is 7.53. The summed E-state index contributed by atoms with van der Waals surface area (Å²) in [4.78, 5) is 14.2. The fourth-order valence-corrected chi connectivity index (χ4v) is 5.61. The molecule has 0 saturated carbocycles. The van der Waals surface area contributed by atoms with Crippen LogP contribution in [0.15, 0.2) is 24.4 Å². The van der Waals surface area contributed by atoms with E-state index >= 15 is 0 Å². The van der Waals surface area contributed by atoms with Crippen molar-refractivity contribution in [1.82, 2.24) is 18.9 Å². The van der Waals surface area contributed by atoms with Gasteiger partial charge in [0, 0.05) is 24.8 Å². The van der Waals surface area contributed by atoms with Crippen LogP contribution in [0.3, 0.4) is 0 Å². The van der Waals surface area contributed by atoms with Crippen molar-refractivity contribution in [1.29, 1.82) is 0 Å². The molecule has 0 atom stereocenters. The normalized spacial score (nSPS) is 11.9.